The van der Waals surface area contributed by atoms with Gasteiger partial charge < -0.3 is 29.7 Å². The third-order valence-corrected chi connectivity index (χ3v) is 8.58. The summed E-state index contributed by atoms with van der Waals surface area (Å²) in [6, 6.07) is 13.1. The maximum Gasteiger partial charge on any atom is 0.493 e. The molecule has 0 spiro atoms. The van der Waals surface area contributed by atoms with E-state index < -0.39 is 29.1 Å². The number of nitrogens with one attached hydrogen (secondary N) is 2. The number of amides is 1. The summed E-state index contributed by atoms with van der Waals surface area (Å²) in [5, 5.41) is 7.21. The van der Waals surface area contributed by atoms with E-state index in [1.807, 2.05) is 47.4 Å². The summed E-state index contributed by atoms with van der Waals surface area (Å²) in [5.74, 6) is -1.40. The Bertz CT molecular complexity index is 1430. The van der Waals surface area contributed by atoms with Crippen molar-refractivity contribution in [2.24, 2.45) is 0 Å². The van der Waals surface area contributed by atoms with Gasteiger partial charge in [-0.2, -0.15) is 18.2 Å². The standard InChI is InChI=1S/C28H29F3N4O6S/c1-27(2)13-20-23(24(36)33-27)42-26(35(20)41-25(37)28(29,30)31)34-8-9-38-14-19(34)11-16-4-3-5-17(10-16)32-18-6-7-21-22(12-18)40-15-39-21/h3-7,10,12,19,26,32H,8-9,11,13-15H2,1-2H3,(H,33,36). The molecule has 1 fully saturated rings. The normalized spacial score (nSPS) is 23.5. The number of fused-ring (bicyclic) bond motifs is 1. The molecule has 0 saturated carbocycles. The van der Waals surface area contributed by atoms with Gasteiger partial charge in [0.05, 0.1) is 23.8 Å². The van der Waals surface area contributed by atoms with Crippen molar-refractivity contribution < 1.29 is 41.8 Å². The van der Waals surface area contributed by atoms with Gasteiger partial charge in [-0.25, -0.2) is 4.79 Å². The second kappa shape index (κ2) is 10.9. The molecule has 4 aliphatic heterocycles. The Kier molecular flexibility index (Phi) is 7.39. The molecule has 14 heteroatoms. The summed E-state index contributed by atoms with van der Waals surface area (Å²) in [5.41, 5.74) is 1.27. The van der Waals surface area contributed by atoms with Crippen molar-refractivity contribution in [3.8, 4) is 11.5 Å². The summed E-state index contributed by atoms with van der Waals surface area (Å²) in [4.78, 5) is 32.1. The Morgan fingerprint density at radius 2 is 1.95 bits per heavy atom. The zero-order valence-corrected chi connectivity index (χ0v) is 23.6. The number of nitrogens with zero attached hydrogens (tertiary/aromatic N) is 2. The quantitative estimate of drug-likeness (QED) is 0.496. The van der Waals surface area contributed by atoms with Gasteiger partial charge in [-0.1, -0.05) is 23.9 Å². The summed E-state index contributed by atoms with van der Waals surface area (Å²) in [6.07, 6.45) is -4.50. The predicted molar refractivity (Wildman–Crippen MR) is 147 cm³/mol. The van der Waals surface area contributed by atoms with E-state index in [1.165, 1.54) is 0 Å². The molecule has 2 N–H and O–H groups in total. The number of hydrogen-bond acceptors (Lipinski definition) is 10. The molecule has 2 atom stereocenters. The number of halogens is 3. The maximum atomic E-state index is 13.3. The molecular formula is C28H29F3N4O6S. The molecule has 4 heterocycles. The van der Waals surface area contributed by atoms with Gasteiger partial charge in [-0.3, -0.25) is 9.69 Å². The van der Waals surface area contributed by atoms with Crippen LogP contribution in [0.15, 0.2) is 53.1 Å². The SMILES string of the molecule is CC1(C)CC2=C(SC(N3CCOCC3Cc3cccc(Nc4ccc5c(c4)OCO5)c3)N2OC(=O)C(F)(F)F)C(=O)N1. The van der Waals surface area contributed by atoms with E-state index in [1.54, 1.807) is 13.8 Å². The minimum absolute atomic E-state index is 0.182. The van der Waals surface area contributed by atoms with Crippen LogP contribution >= 0.6 is 11.8 Å². The maximum absolute atomic E-state index is 13.3. The number of morpholine rings is 1. The van der Waals surface area contributed by atoms with Crippen molar-refractivity contribution in [2.75, 3.05) is 31.9 Å². The molecular weight excluding hydrogens is 577 g/mol. The number of alkyl halides is 3. The molecule has 42 heavy (non-hydrogen) atoms. The van der Waals surface area contributed by atoms with Gasteiger partial charge in [0.1, 0.15) is 0 Å². The molecule has 224 valence electrons. The average Bonchev–Trinajstić information content (AvgIpc) is 3.53. The molecule has 2 aromatic carbocycles. The van der Waals surface area contributed by atoms with Crippen LogP contribution in [0.2, 0.25) is 0 Å². The summed E-state index contributed by atoms with van der Waals surface area (Å²) in [7, 11) is 0. The van der Waals surface area contributed by atoms with E-state index in [2.05, 4.69) is 10.6 Å². The van der Waals surface area contributed by atoms with Gasteiger partial charge in [-0.15, -0.1) is 0 Å². The minimum atomic E-state index is -5.19. The van der Waals surface area contributed by atoms with Gasteiger partial charge in [0, 0.05) is 42.0 Å². The van der Waals surface area contributed by atoms with Crippen molar-refractivity contribution >= 4 is 35.0 Å². The van der Waals surface area contributed by atoms with E-state index in [4.69, 9.17) is 19.0 Å². The first-order chi connectivity index (χ1) is 20.0. The number of thioether (sulfide) groups is 1. The van der Waals surface area contributed by atoms with E-state index in [9.17, 15) is 22.8 Å². The number of hydroxylamine groups is 2. The first-order valence-corrected chi connectivity index (χ1v) is 14.2. The molecule has 6 rings (SSSR count). The minimum Gasteiger partial charge on any atom is -0.454 e. The Hall–Kier alpha value is -3.62. The second-order valence-corrected chi connectivity index (χ2v) is 12.1. The van der Waals surface area contributed by atoms with Crippen LogP contribution in [-0.4, -0.2) is 71.6 Å². The Labute approximate surface area is 244 Å². The van der Waals surface area contributed by atoms with Crippen molar-refractivity contribution in [1.29, 1.82) is 0 Å². The molecule has 0 radical (unpaired) electrons. The smallest absolute Gasteiger partial charge is 0.454 e. The highest BCUT2D eigenvalue weighted by Gasteiger charge is 2.51. The van der Waals surface area contributed by atoms with Crippen molar-refractivity contribution in [3.05, 3.63) is 58.6 Å². The highest BCUT2D eigenvalue weighted by molar-refractivity contribution is 8.04. The molecule has 1 amide bonds. The number of rotatable bonds is 6. The molecule has 0 bridgehead atoms. The fourth-order valence-corrected chi connectivity index (χ4v) is 6.74. The molecule has 1 saturated heterocycles. The van der Waals surface area contributed by atoms with Crippen LogP contribution in [0.4, 0.5) is 24.5 Å². The van der Waals surface area contributed by atoms with E-state index in [0.29, 0.717) is 37.7 Å². The molecule has 10 nitrogen and oxygen atoms in total. The van der Waals surface area contributed by atoms with E-state index in [-0.39, 0.29) is 29.9 Å². The monoisotopic (exact) mass is 606 g/mol. The van der Waals surface area contributed by atoms with Crippen LogP contribution in [0.5, 0.6) is 11.5 Å². The fourth-order valence-electron chi connectivity index (χ4n) is 5.39. The van der Waals surface area contributed by atoms with E-state index >= 15 is 0 Å². The first-order valence-electron chi connectivity index (χ1n) is 13.4. The predicted octanol–water partition coefficient (Wildman–Crippen LogP) is 4.27. The lowest BCUT2D eigenvalue weighted by molar-refractivity contribution is -0.243. The molecule has 2 aromatic rings. The van der Waals surface area contributed by atoms with Crippen molar-refractivity contribution in [2.45, 2.75) is 49.9 Å². The number of anilines is 2. The lowest BCUT2D eigenvalue weighted by Crippen LogP contribution is -2.56. The van der Waals surface area contributed by atoms with Crippen LogP contribution in [0.25, 0.3) is 0 Å². The molecule has 4 aliphatic rings. The lowest BCUT2D eigenvalue weighted by Gasteiger charge is -2.42. The Balaban J connectivity index is 1.23. The zero-order valence-electron chi connectivity index (χ0n) is 22.8. The van der Waals surface area contributed by atoms with Crippen LogP contribution in [-0.2, 0) is 25.6 Å². The summed E-state index contributed by atoms with van der Waals surface area (Å²) >= 11 is 1.08. The summed E-state index contributed by atoms with van der Waals surface area (Å²) in [6.45, 7) is 4.71. The van der Waals surface area contributed by atoms with E-state index in [0.717, 1.165) is 33.8 Å². The highest BCUT2D eigenvalue weighted by Crippen LogP contribution is 2.47. The van der Waals surface area contributed by atoms with Crippen LogP contribution in [0, 0.1) is 0 Å². The van der Waals surface area contributed by atoms with Gasteiger partial charge >= 0.3 is 12.1 Å². The topological polar surface area (TPSA) is 102 Å². The first kappa shape index (κ1) is 28.5. The Morgan fingerprint density at radius 1 is 1.17 bits per heavy atom. The second-order valence-electron chi connectivity index (χ2n) is 11.0. The van der Waals surface area contributed by atoms with Crippen molar-refractivity contribution in [1.82, 2.24) is 15.3 Å². The number of carbonyl (C=O) groups is 2. The van der Waals surface area contributed by atoms with Gasteiger partial charge in [0.15, 0.2) is 17.0 Å². The molecule has 0 aromatic heterocycles. The third kappa shape index (κ3) is 5.83. The molecule has 2 unspecified atom stereocenters. The average molecular weight is 607 g/mol. The number of carbonyl (C=O) groups excluding carboxylic acids is 2. The largest absolute Gasteiger partial charge is 0.493 e. The number of hydrogen-bond donors (Lipinski definition) is 2. The molecule has 0 aliphatic carbocycles. The zero-order chi connectivity index (χ0) is 29.6. The van der Waals surface area contributed by atoms with Crippen LogP contribution < -0.4 is 20.1 Å². The lowest BCUT2D eigenvalue weighted by atomic mass is 9.94. The fraction of sp³-hybridized carbons (Fsp3) is 0.429. The third-order valence-electron chi connectivity index (χ3n) is 7.25. The van der Waals surface area contributed by atoms with Crippen LogP contribution in [0.3, 0.4) is 0 Å². The van der Waals surface area contributed by atoms with Crippen LogP contribution in [0.1, 0.15) is 25.8 Å². The van der Waals surface area contributed by atoms with Gasteiger partial charge in [0.2, 0.25) is 6.79 Å². The Morgan fingerprint density at radius 3 is 2.76 bits per heavy atom. The number of ether oxygens (including phenoxy) is 3. The van der Waals surface area contributed by atoms with Gasteiger partial charge in [0.25, 0.3) is 5.91 Å². The van der Waals surface area contributed by atoms with Crippen molar-refractivity contribution in [3.63, 3.8) is 0 Å². The summed E-state index contributed by atoms with van der Waals surface area (Å²) < 4.78 is 56.5. The number of benzene rings is 2. The van der Waals surface area contributed by atoms with Gasteiger partial charge in [-0.05, 0) is 50.1 Å². The highest BCUT2D eigenvalue weighted by atomic mass is 32.2.